The fourth-order valence-corrected chi connectivity index (χ4v) is 1.95. The number of carboxylic acids is 1. The Bertz CT molecular complexity index is 528. The van der Waals surface area contributed by atoms with Gasteiger partial charge in [-0.25, -0.2) is 4.79 Å². The fraction of sp³-hybridized carbons (Fsp3) is 0.429. The SMILES string of the molecule is CC[C@H](C)[C@H](NC(=O)c1ccc2c(c1)OCO2)C(=O)O. The average Bonchev–Trinajstić information content (AvgIpc) is 2.90. The maximum absolute atomic E-state index is 12.1. The molecule has 2 atom stereocenters. The number of hydrogen-bond donors (Lipinski definition) is 2. The lowest BCUT2D eigenvalue weighted by Crippen LogP contribution is -2.45. The number of amides is 1. The molecule has 1 aromatic rings. The van der Waals surface area contributed by atoms with Crippen molar-refractivity contribution in [1.82, 2.24) is 5.32 Å². The molecule has 0 unspecified atom stereocenters. The van der Waals surface area contributed by atoms with Crippen LogP contribution in [0.2, 0.25) is 0 Å². The Kier molecular flexibility index (Phi) is 4.12. The molecular weight excluding hydrogens is 262 g/mol. The molecule has 0 aromatic heterocycles. The number of rotatable bonds is 5. The largest absolute Gasteiger partial charge is 0.480 e. The number of aliphatic carboxylic acids is 1. The van der Waals surface area contributed by atoms with Crippen molar-refractivity contribution in [2.24, 2.45) is 5.92 Å². The van der Waals surface area contributed by atoms with Crippen LogP contribution >= 0.6 is 0 Å². The highest BCUT2D eigenvalue weighted by Crippen LogP contribution is 2.32. The molecule has 2 N–H and O–H groups in total. The Hall–Kier alpha value is -2.24. The Balaban J connectivity index is 2.12. The summed E-state index contributed by atoms with van der Waals surface area (Å²) in [6, 6.07) is 3.86. The molecule has 0 saturated heterocycles. The van der Waals surface area contributed by atoms with Crippen molar-refractivity contribution in [1.29, 1.82) is 0 Å². The third kappa shape index (κ3) is 2.84. The highest BCUT2D eigenvalue weighted by molar-refractivity contribution is 5.97. The molecule has 0 aliphatic carbocycles. The zero-order valence-electron chi connectivity index (χ0n) is 11.4. The van der Waals surface area contributed by atoms with Crippen molar-refractivity contribution in [3.8, 4) is 11.5 Å². The number of benzene rings is 1. The van der Waals surface area contributed by atoms with Gasteiger partial charge in [-0.15, -0.1) is 0 Å². The molecule has 0 fully saturated rings. The van der Waals surface area contributed by atoms with Gasteiger partial charge in [-0.3, -0.25) is 4.79 Å². The number of carboxylic acid groups (broad SMARTS) is 1. The first kappa shape index (κ1) is 14.2. The smallest absolute Gasteiger partial charge is 0.326 e. The lowest BCUT2D eigenvalue weighted by molar-refractivity contribution is -0.140. The number of fused-ring (bicyclic) bond motifs is 1. The van der Waals surface area contributed by atoms with E-state index < -0.39 is 17.9 Å². The second kappa shape index (κ2) is 5.81. The summed E-state index contributed by atoms with van der Waals surface area (Å²) in [4.78, 5) is 23.3. The summed E-state index contributed by atoms with van der Waals surface area (Å²) in [5.41, 5.74) is 0.351. The summed E-state index contributed by atoms with van der Waals surface area (Å²) >= 11 is 0. The van der Waals surface area contributed by atoms with Crippen molar-refractivity contribution in [2.75, 3.05) is 6.79 Å². The molecular formula is C14H17NO5. The van der Waals surface area contributed by atoms with Crippen LogP contribution in [0.4, 0.5) is 0 Å². The molecule has 0 spiro atoms. The number of hydrogen-bond acceptors (Lipinski definition) is 4. The van der Waals surface area contributed by atoms with Crippen LogP contribution in [0.5, 0.6) is 11.5 Å². The van der Waals surface area contributed by atoms with Crippen molar-refractivity contribution in [3.63, 3.8) is 0 Å². The van der Waals surface area contributed by atoms with Gasteiger partial charge in [-0.05, 0) is 24.1 Å². The second-order valence-corrected chi connectivity index (χ2v) is 4.74. The van der Waals surface area contributed by atoms with E-state index in [4.69, 9.17) is 14.6 Å². The van der Waals surface area contributed by atoms with Crippen molar-refractivity contribution >= 4 is 11.9 Å². The van der Waals surface area contributed by atoms with Crippen LogP contribution in [0.1, 0.15) is 30.6 Å². The third-order valence-corrected chi connectivity index (χ3v) is 3.40. The van der Waals surface area contributed by atoms with Crippen molar-refractivity contribution in [2.45, 2.75) is 26.3 Å². The Labute approximate surface area is 116 Å². The molecule has 6 heteroatoms. The van der Waals surface area contributed by atoms with E-state index >= 15 is 0 Å². The highest BCUT2D eigenvalue weighted by Gasteiger charge is 2.26. The van der Waals surface area contributed by atoms with Crippen LogP contribution in [0.15, 0.2) is 18.2 Å². The molecule has 0 saturated carbocycles. The molecule has 1 aliphatic rings. The summed E-state index contributed by atoms with van der Waals surface area (Å²) < 4.78 is 10.4. The Morgan fingerprint density at radius 2 is 2.05 bits per heavy atom. The predicted octanol–water partition coefficient (Wildman–Crippen LogP) is 1.64. The maximum atomic E-state index is 12.1. The molecule has 1 aromatic carbocycles. The normalized spacial score (nSPS) is 15.5. The van der Waals surface area contributed by atoms with Gasteiger partial charge in [0.2, 0.25) is 6.79 Å². The monoisotopic (exact) mass is 279 g/mol. The van der Waals surface area contributed by atoms with Gasteiger partial charge in [0.1, 0.15) is 6.04 Å². The molecule has 0 radical (unpaired) electrons. The maximum Gasteiger partial charge on any atom is 0.326 e. The summed E-state index contributed by atoms with van der Waals surface area (Å²) in [7, 11) is 0. The first-order valence-corrected chi connectivity index (χ1v) is 6.46. The first-order valence-electron chi connectivity index (χ1n) is 6.46. The molecule has 20 heavy (non-hydrogen) atoms. The number of carbonyl (C=O) groups excluding carboxylic acids is 1. The molecule has 2 rings (SSSR count). The molecule has 108 valence electrons. The van der Waals surface area contributed by atoms with E-state index in [2.05, 4.69) is 5.32 Å². The fourth-order valence-electron chi connectivity index (χ4n) is 1.95. The molecule has 1 amide bonds. The quantitative estimate of drug-likeness (QED) is 0.856. The molecule has 0 bridgehead atoms. The van der Waals surface area contributed by atoms with Crippen LogP contribution in [-0.2, 0) is 4.79 Å². The molecule has 1 aliphatic heterocycles. The first-order chi connectivity index (χ1) is 9.52. The van der Waals surface area contributed by atoms with Crippen LogP contribution < -0.4 is 14.8 Å². The van der Waals surface area contributed by atoms with E-state index in [0.29, 0.717) is 23.5 Å². The van der Waals surface area contributed by atoms with Crippen LogP contribution in [-0.4, -0.2) is 29.8 Å². The number of nitrogens with one attached hydrogen (secondary N) is 1. The van der Waals surface area contributed by atoms with Gasteiger partial charge in [-0.2, -0.15) is 0 Å². The van der Waals surface area contributed by atoms with E-state index in [1.165, 1.54) is 0 Å². The van der Waals surface area contributed by atoms with Crippen LogP contribution in [0.25, 0.3) is 0 Å². The summed E-state index contributed by atoms with van der Waals surface area (Å²) in [6.45, 7) is 3.80. The molecule has 6 nitrogen and oxygen atoms in total. The van der Waals surface area contributed by atoms with Gasteiger partial charge in [0.05, 0.1) is 0 Å². The second-order valence-electron chi connectivity index (χ2n) is 4.74. The van der Waals surface area contributed by atoms with Gasteiger partial charge in [-0.1, -0.05) is 20.3 Å². The topological polar surface area (TPSA) is 84.9 Å². The standard InChI is InChI=1S/C14H17NO5/c1-3-8(2)12(14(17)18)15-13(16)9-4-5-10-11(6-9)20-7-19-10/h4-6,8,12H,3,7H2,1-2H3,(H,15,16)(H,17,18)/t8-,12-/m0/s1. The highest BCUT2D eigenvalue weighted by atomic mass is 16.7. The van der Waals surface area contributed by atoms with E-state index in [-0.39, 0.29) is 12.7 Å². The Morgan fingerprint density at radius 3 is 2.70 bits per heavy atom. The predicted molar refractivity (Wildman–Crippen MR) is 70.9 cm³/mol. The zero-order chi connectivity index (χ0) is 14.7. The van der Waals surface area contributed by atoms with Crippen molar-refractivity contribution in [3.05, 3.63) is 23.8 Å². The van der Waals surface area contributed by atoms with Crippen molar-refractivity contribution < 1.29 is 24.2 Å². The molecule has 1 heterocycles. The van der Waals surface area contributed by atoms with Gasteiger partial charge in [0.25, 0.3) is 5.91 Å². The van der Waals surface area contributed by atoms with Gasteiger partial charge in [0, 0.05) is 5.56 Å². The van der Waals surface area contributed by atoms with Gasteiger partial charge >= 0.3 is 5.97 Å². The van der Waals surface area contributed by atoms with E-state index in [1.54, 1.807) is 25.1 Å². The summed E-state index contributed by atoms with van der Waals surface area (Å²) in [5.74, 6) is -0.541. The van der Waals surface area contributed by atoms with Gasteiger partial charge in [0.15, 0.2) is 11.5 Å². The summed E-state index contributed by atoms with van der Waals surface area (Å²) in [5, 5.41) is 11.7. The minimum Gasteiger partial charge on any atom is -0.480 e. The van der Waals surface area contributed by atoms with E-state index in [0.717, 1.165) is 0 Å². The number of carbonyl (C=O) groups is 2. The zero-order valence-corrected chi connectivity index (χ0v) is 11.4. The third-order valence-electron chi connectivity index (χ3n) is 3.40. The lowest BCUT2D eigenvalue weighted by Gasteiger charge is -2.20. The minimum atomic E-state index is -1.03. The average molecular weight is 279 g/mol. The number of ether oxygens (including phenoxy) is 2. The van der Waals surface area contributed by atoms with E-state index in [9.17, 15) is 9.59 Å². The van der Waals surface area contributed by atoms with Crippen LogP contribution in [0, 0.1) is 5.92 Å². The minimum absolute atomic E-state index is 0.130. The summed E-state index contributed by atoms with van der Waals surface area (Å²) in [6.07, 6.45) is 0.665. The van der Waals surface area contributed by atoms with Gasteiger partial charge < -0.3 is 19.9 Å². The van der Waals surface area contributed by atoms with E-state index in [1.807, 2.05) is 6.92 Å². The van der Waals surface area contributed by atoms with Crippen LogP contribution in [0.3, 0.4) is 0 Å². The Morgan fingerprint density at radius 1 is 1.35 bits per heavy atom. The lowest BCUT2D eigenvalue weighted by atomic mass is 9.99.